The summed E-state index contributed by atoms with van der Waals surface area (Å²) in [5, 5.41) is 24.4. The Bertz CT molecular complexity index is 776. The Hall–Kier alpha value is -1.67. The maximum Gasteiger partial charge on any atom is 0.451 e. The summed E-state index contributed by atoms with van der Waals surface area (Å²) in [6, 6.07) is 14.7. The normalized spacial score (nSPS) is 16.2. The molecule has 7 heteroatoms. The Morgan fingerprint density at radius 2 is 1.86 bits per heavy atom. The van der Waals surface area contributed by atoms with E-state index in [0.29, 0.717) is 12.2 Å². The van der Waals surface area contributed by atoms with Crippen LogP contribution in [0.1, 0.15) is 32.1 Å². The maximum atomic E-state index is 8.91. The van der Waals surface area contributed by atoms with E-state index in [1.807, 2.05) is 18.2 Å². The summed E-state index contributed by atoms with van der Waals surface area (Å²) < 4.78 is 0. The van der Waals surface area contributed by atoms with Crippen molar-refractivity contribution in [3.63, 3.8) is 0 Å². The van der Waals surface area contributed by atoms with Gasteiger partial charge in [-0.05, 0) is 55.2 Å². The van der Waals surface area contributed by atoms with Crippen LogP contribution in [0.15, 0.2) is 42.5 Å². The van der Waals surface area contributed by atoms with Gasteiger partial charge in [0, 0.05) is 30.2 Å². The molecule has 150 valence electrons. The van der Waals surface area contributed by atoms with Gasteiger partial charge in [-0.25, -0.2) is 0 Å². The molecular weight excluding hydrogens is 369 g/mol. The smallest absolute Gasteiger partial charge is 0.427 e. The number of nitrogens with one attached hydrogen (secondary N) is 1. The number of thiocarbonyl (C=S) groups is 1. The molecule has 1 atom stereocenters. The highest BCUT2D eigenvalue weighted by atomic mass is 32.1. The Balaban J connectivity index is 1.47. The number of piperidine rings is 1. The van der Waals surface area contributed by atoms with Crippen molar-refractivity contribution in [1.82, 2.24) is 4.90 Å². The van der Waals surface area contributed by atoms with E-state index < -0.39 is 7.12 Å². The lowest BCUT2D eigenvalue weighted by Gasteiger charge is -2.36. The monoisotopic (exact) mass is 399 g/mol. The first-order valence-corrected chi connectivity index (χ1v) is 10.6. The average molecular weight is 399 g/mol. The third kappa shape index (κ3) is 5.67. The van der Waals surface area contributed by atoms with Gasteiger partial charge in [0.1, 0.15) is 0 Å². The van der Waals surface area contributed by atoms with Crippen LogP contribution in [-0.2, 0) is 0 Å². The van der Waals surface area contributed by atoms with Gasteiger partial charge >= 0.3 is 7.12 Å². The number of rotatable bonds is 7. The Morgan fingerprint density at radius 1 is 1.14 bits per heavy atom. The Kier molecular flexibility index (Phi) is 7.68. The highest BCUT2D eigenvalue weighted by molar-refractivity contribution is 7.80. The van der Waals surface area contributed by atoms with Crippen molar-refractivity contribution < 1.29 is 10.0 Å². The molecule has 28 heavy (non-hydrogen) atoms. The lowest BCUT2D eigenvalue weighted by molar-refractivity contribution is 0.232. The lowest BCUT2D eigenvalue weighted by atomic mass is 9.82. The quantitative estimate of drug-likeness (QED) is 0.325. The summed E-state index contributed by atoms with van der Waals surface area (Å²) in [6.45, 7) is 1.84. The number of anilines is 1. The van der Waals surface area contributed by atoms with E-state index in [4.69, 9.17) is 28.0 Å². The molecule has 1 fully saturated rings. The van der Waals surface area contributed by atoms with Crippen LogP contribution in [0.3, 0.4) is 0 Å². The number of benzene rings is 2. The van der Waals surface area contributed by atoms with Gasteiger partial charge in [0.05, 0.1) is 0 Å². The molecule has 0 bridgehead atoms. The zero-order valence-electron chi connectivity index (χ0n) is 16.3. The van der Waals surface area contributed by atoms with Crippen LogP contribution in [0.4, 0.5) is 5.69 Å². The molecule has 5 N–H and O–H groups in total. The molecule has 0 aliphatic carbocycles. The average Bonchev–Trinajstić information content (AvgIpc) is 2.71. The largest absolute Gasteiger partial charge is 0.451 e. The Morgan fingerprint density at radius 3 is 2.61 bits per heavy atom. The van der Waals surface area contributed by atoms with Crippen molar-refractivity contribution in [3.05, 3.63) is 42.5 Å². The topological polar surface area (TPSA) is 81.8 Å². The van der Waals surface area contributed by atoms with Gasteiger partial charge in [0.25, 0.3) is 0 Å². The summed E-state index contributed by atoms with van der Waals surface area (Å²) in [7, 11) is -1.20. The molecule has 1 saturated heterocycles. The predicted molar refractivity (Wildman–Crippen MR) is 121 cm³/mol. The fourth-order valence-corrected chi connectivity index (χ4v) is 4.29. The highest BCUT2D eigenvalue weighted by Gasteiger charge is 2.25. The molecule has 0 aromatic heterocycles. The van der Waals surface area contributed by atoms with E-state index in [9.17, 15) is 0 Å². The predicted octanol–water partition coefficient (Wildman–Crippen LogP) is 3.22. The molecule has 0 spiro atoms. The van der Waals surface area contributed by atoms with Gasteiger partial charge in [0.2, 0.25) is 0 Å². The second kappa shape index (κ2) is 10.2. The molecule has 1 heterocycles. The van der Waals surface area contributed by atoms with Gasteiger partial charge in [-0.1, -0.05) is 49.2 Å². The maximum absolute atomic E-state index is 8.91. The minimum atomic E-state index is -1.20. The number of hydrogen-bond donors (Lipinski definition) is 4. The summed E-state index contributed by atoms with van der Waals surface area (Å²) in [4.78, 5) is 2.24. The van der Waals surface area contributed by atoms with Gasteiger partial charge in [-0.3, -0.25) is 0 Å². The van der Waals surface area contributed by atoms with Crippen LogP contribution >= 0.6 is 12.2 Å². The summed E-state index contributed by atoms with van der Waals surface area (Å²) in [5.74, 6) is 0.510. The molecule has 2 aromatic rings. The van der Waals surface area contributed by atoms with Gasteiger partial charge in [0.15, 0.2) is 5.11 Å². The van der Waals surface area contributed by atoms with E-state index in [0.717, 1.165) is 56.0 Å². The molecule has 1 unspecified atom stereocenters. The number of likely N-dealkylation sites (tertiary alicyclic amines) is 1. The summed E-state index contributed by atoms with van der Waals surface area (Å²) in [5.41, 5.74) is 7.43. The SMILES string of the molecule is NC(CCCCB(O)O)C1CCN(C(=S)Nc2cccc3ccccc23)CC1. The van der Waals surface area contributed by atoms with E-state index in [-0.39, 0.29) is 6.04 Å². The van der Waals surface area contributed by atoms with Crippen LogP contribution in [0.2, 0.25) is 6.32 Å². The fraction of sp³-hybridized carbons (Fsp3) is 0.476. The number of fused-ring (bicyclic) bond motifs is 1. The lowest BCUT2D eigenvalue weighted by Crippen LogP contribution is -2.44. The second-order valence-electron chi connectivity index (χ2n) is 7.71. The number of unbranched alkanes of at least 4 members (excludes halogenated alkanes) is 1. The second-order valence-corrected chi connectivity index (χ2v) is 8.10. The highest BCUT2D eigenvalue weighted by Crippen LogP contribution is 2.26. The van der Waals surface area contributed by atoms with Crippen LogP contribution in [0.25, 0.3) is 10.8 Å². The van der Waals surface area contributed by atoms with Crippen molar-refractivity contribution >= 4 is 40.9 Å². The molecule has 1 aliphatic rings. The minimum absolute atomic E-state index is 0.178. The zero-order chi connectivity index (χ0) is 19.9. The number of hydrogen-bond acceptors (Lipinski definition) is 4. The van der Waals surface area contributed by atoms with Crippen LogP contribution < -0.4 is 11.1 Å². The van der Waals surface area contributed by atoms with Gasteiger partial charge in [-0.15, -0.1) is 0 Å². The van der Waals surface area contributed by atoms with Gasteiger partial charge < -0.3 is 26.0 Å². The van der Waals surface area contributed by atoms with Crippen molar-refractivity contribution in [3.8, 4) is 0 Å². The summed E-state index contributed by atoms with van der Waals surface area (Å²) in [6.07, 6.45) is 5.21. The fourth-order valence-electron chi connectivity index (χ4n) is 4.00. The van der Waals surface area contributed by atoms with E-state index in [2.05, 4.69) is 34.5 Å². The van der Waals surface area contributed by atoms with Crippen molar-refractivity contribution in [1.29, 1.82) is 0 Å². The minimum Gasteiger partial charge on any atom is -0.427 e. The van der Waals surface area contributed by atoms with E-state index in [1.54, 1.807) is 0 Å². The van der Waals surface area contributed by atoms with Crippen LogP contribution in [0.5, 0.6) is 0 Å². The first kappa shape index (κ1) is 21.1. The molecule has 5 nitrogen and oxygen atoms in total. The third-order valence-electron chi connectivity index (χ3n) is 5.71. The first-order chi connectivity index (χ1) is 13.5. The molecule has 3 rings (SSSR count). The van der Waals surface area contributed by atoms with E-state index >= 15 is 0 Å². The first-order valence-electron chi connectivity index (χ1n) is 10.2. The molecule has 0 radical (unpaired) electrons. The van der Waals surface area contributed by atoms with Crippen LogP contribution in [-0.4, -0.2) is 46.3 Å². The number of nitrogens with zero attached hydrogens (tertiary/aromatic N) is 1. The number of nitrogens with two attached hydrogens (primary N) is 1. The van der Waals surface area contributed by atoms with Crippen LogP contribution in [0, 0.1) is 5.92 Å². The molecule has 0 amide bonds. The molecule has 2 aromatic carbocycles. The standard InChI is InChI=1S/C21H30BN3O2S/c23-19(9-3-4-13-22(26)27)17-11-14-25(15-12-17)21(28)24-20-10-5-7-16-6-1-2-8-18(16)20/h1-2,5-8,10,17,19,26-27H,3-4,9,11-15,23H2,(H,24,28). The third-order valence-corrected chi connectivity index (χ3v) is 6.07. The van der Waals surface area contributed by atoms with E-state index in [1.165, 1.54) is 10.8 Å². The zero-order valence-corrected chi connectivity index (χ0v) is 17.1. The summed E-state index contributed by atoms with van der Waals surface area (Å²) >= 11 is 5.67. The Labute approximate surface area is 173 Å². The van der Waals surface area contributed by atoms with Crippen molar-refractivity contribution in [2.75, 3.05) is 18.4 Å². The van der Waals surface area contributed by atoms with Crippen molar-refractivity contribution in [2.45, 2.75) is 44.5 Å². The molecule has 0 saturated carbocycles. The van der Waals surface area contributed by atoms with Crippen molar-refractivity contribution in [2.24, 2.45) is 11.7 Å². The molecule has 1 aliphatic heterocycles. The molecular formula is C21H30BN3O2S. The van der Waals surface area contributed by atoms with Gasteiger partial charge in [-0.2, -0.15) is 0 Å².